The first-order valence-electron chi connectivity index (χ1n) is 7.51. The van der Waals surface area contributed by atoms with Gasteiger partial charge in [-0.3, -0.25) is 9.59 Å². The Balaban J connectivity index is 1.72. The highest BCUT2D eigenvalue weighted by Gasteiger charge is 2.13. The van der Waals surface area contributed by atoms with Crippen LogP contribution in [0.3, 0.4) is 0 Å². The number of nitrogens with one attached hydrogen (secondary N) is 2. The molecule has 128 valence electrons. The molecule has 0 aliphatic heterocycles. The Morgan fingerprint density at radius 2 is 2.16 bits per heavy atom. The van der Waals surface area contributed by atoms with Crippen molar-refractivity contribution in [3.05, 3.63) is 62.3 Å². The second-order valence-electron chi connectivity index (χ2n) is 5.47. The predicted octanol–water partition coefficient (Wildman–Crippen LogP) is 2.43. The van der Waals surface area contributed by atoms with Crippen molar-refractivity contribution in [1.82, 2.24) is 15.4 Å². The SMILES string of the molecule is Cc1sc2nc(CC(=O)N/N=C\c3ccccc3F)[nH]c(=O)c2c1C. The molecule has 25 heavy (non-hydrogen) atoms. The van der Waals surface area contributed by atoms with Crippen molar-refractivity contribution in [1.29, 1.82) is 0 Å². The Labute approximate surface area is 146 Å². The molecule has 0 unspecified atom stereocenters. The summed E-state index contributed by atoms with van der Waals surface area (Å²) in [5, 5.41) is 4.28. The van der Waals surface area contributed by atoms with Gasteiger partial charge in [0.25, 0.3) is 5.56 Å². The van der Waals surface area contributed by atoms with E-state index in [0.29, 0.717) is 10.2 Å². The number of aromatic amines is 1. The number of hydrazone groups is 1. The van der Waals surface area contributed by atoms with Crippen molar-refractivity contribution in [3.8, 4) is 0 Å². The van der Waals surface area contributed by atoms with Gasteiger partial charge in [-0.1, -0.05) is 18.2 Å². The molecule has 3 aromatic rings. The standard InChI is InChI=1S/C17H15FN4O2S/c1-9-10(2)25-17-15(9)16(24)20-13(21-17)7-14(23)22-19-8-11-5-3-4-6-12(11)18/h3-6,8H,7H2,1-2H3,(H,22,23)(H,20,21,24)/b19-8-. The second kappa shape index (κ2) is 6.94. The minimum atomic E-state index is -0.458. The number of benzene rings is 1. The maximum Gasteiger partial charge on any atom is 0.259 e. The van der Waals surface area contributed by atoms with E-state index in [1.54, 1.807) is 18.2 Å². The number of aryl methyl sites for hydroxylation is 2. The van der Waals surface area contributed by atoms with E-state index in [9.17, 15) is 14.0 Å². The van der Waals surface area contributed by atoms with E-state index in [4.69, 9.17) is 0 Å². The Hall–Kier alpha value is -2.87. The molecule has 0 saturated heterocycles. The van der Waals surface area contributed by atoms with Crippen LogP contribution in [0.25, 0.3) is 10.2 Å². The topological polar surface area (TPSA) is 87.2 Å². The molecule has 1 aromatic carbocycles. The highest BCUT2D eigenvalue weighted by Crippen LogP contribution is 2.25. The molecule has 0 aliphatic rings. The van der Waals surface area contributed by atoms with E-state index in [1.165, 1.54) is 23.6 Å². The number of carbonyl (C=O) groups excluding carboxylic acids is 1. The highest BCUT2D eigenvalue weighted by atomic mass is 32.1. The molecule has 0 fully saturated rings. The fraction of sp³-hybridized carbons (Fsp3) is 0.176. The van der Waals surface area contributed by atoms with Crippen molar-refractivity contribution in [2.45, 2.75) is 20.3 Å². The Bertz CT molecular complexity index is 1040. The third-order valence-electron chi connectivity index (χ3n) is 3.71. The summed E-state index contributed by atoms with van der Waals surface area (Å²) in [5.74, 6) is -0.627. The van der Waals surface area contributed by atoms with Gasteiger partial charge in [-0.15, -0.1) is 11.3 Å². The molecule has 8 heteroatoms. The number of thiophene rings is 1. The number of aromatic nitrogens is 2. The van der Waals surface area contributed by atoms with Crippen LogP contribution in [0.4, 0.5) is 4.39 Å². The lowest BCUT2D eigenvalue weighted by Gasteiger charge is -2.01. The molecule has 0 spiro atoms. The quantitative estimate of drug-likeness (QED) is 0.555. The average Bonchev–Trinajstić information content (AvgIpc) is 2.84. The van der Waals surface area contributed by atoms with Gasteiger partial charge in [-0.05, 0) is 25.5 Å². The molecular weight excluding hydrogens is 343 g/mol. The molecule has 0 aliphatic carbocycles. The third-order valence-corrected chi connectivity index (χ3v) is 4.82. The molecule has 0 atom stereocenters. The normalized spacial score (nSPS) is 11.3. The zero-order valence-corrected chi connectivity index (χ0v) is 14.4. The van der Waals surface area contributed by atoms with Crippen molar-refractivity contribution < 1.29 is 9.18 Å². The first kappa shape index (κ1) is 17.0. The summed E-state index contributed by atoms with van der Waals surface area (Å²) in [6.07, 6.45) is 1.09. The fourth-order valence-electron chi connectivity index (χ4n) is 2.33. The maximum absolute atomic E-state index is 13.4. The van der Waals surface area contributed by atoms with Gasteiger partial charge in [0.1, 0.15) is 16.5 Å². The molecule has 0 bridgehead atoms. The third kappa shape index (κ3) is 3.63. The van der Waals surface area contributed by atoms with E-state index in [0.717, 1.165) is 10.4 Å². The largest absolute Gasteiger partial charge is 0.309 e. The van der Waals surface area contributed by atoms with Crippen LogP contribution in [0.1, 0.15) is 21.8 Å². The van der Waals surface area contributed by atoms with Crippen LogP contribution in [0.5, 0.6) is 0 Å². The zero-order valence-electron chi connectivity index (χ0n) is 13.6. The molecule has 2 N–H and O–H groups in total. The van der Waals surface area contributed by atoms with Crippen molar-refractivity contribution >= 4 is 33.7 Å². The zero-order chi connectivity index (χ0) is 18.0. The maximum atomic E-state index is 13.4. The number of amides is 1. The number of carbonyl (C=O) groups is 1. The van der Waals surface area contributed by atoms with Crippen LogP contribution in [-0.4, -0.2) is 22.1 Å². The van der Waals surface area contributed by atoms with Gasteiger partial charge in [0.05, 0.1) is 18.0 Å². The summed E-state index contributed by atoms with van der Waals surface area (Å²) in [5.41, 5.74) is 3.20. The van der Waals surface area contributed by atoms with Crippen LogP contribution in [0.2, 0.25) is 0 Å². The number of H-pyrrole nitrogens is 1. The molecule has 0 radical (unpaired) electrons. The minimum absolute atomic E-state index is 0.129. The van der Waals surface area contributed by atoms with E-state index in [1.807, 2.05) is 13.8 Å². The number of hydrogen-bond donors (Lipinski definition) is 2. The first-order valence-corrected chi connectivity index (χ1v) is 8.32. The molecule has 6 nitrogen and oxygen atoms in total. The lowest BCUT2D eigenvalue weighted by atomic mass is 10.2. The first-order chi connectivity index (χ1) is 12.0. The van der Waals surface area contributed by atoms with Crippen LogP contribution in [0.15, 0.2) is 34.2 Å². The number of hydrogen-bond acceptors (Lipinski definition) is 5. The van der Waals surface area contributed by atoms with Gasteiger partial charge in [0.15, 0.2) is 0 Å². The van der Waals surface area contributed by atoms with Crippen molar-refractivity contribution in [3.63, 3.8) is 0 Å². The summed E-state index contributed by atoms with van der Waals surface area (Å²) in [6.45, 7) is 3.79. The summed E-state index contributed by atoms with van der Waals surface area (Å²) in [7, 11) is 0. The van der Waals surface area contributed by atoms with E-state index in [-0.39, 0.29) is 23.4 Å². The molecule has 2 heterocycles. The Morgan fingerprint density at radius 3 is 2.92 bits per heavy atom. The van der Waals surface area contributed by atoms with Crippen LogP contribution in [-0.2, 0) is 11.2 Å². The molecule has 2 aromatic heterocycles. The van der Waals surface area contributed by atoms with Gasteiger partial charge in [-0.25, -0.2) is 14.8 Å². The summed E-state index contributed by atoms with van der Waals surface area (Å²) in [4.78, 5) is 32.7. The van der Waals surface area contributed by atoms with Gasteiger partial charge in [-0.2, -0.15) is 5.10 Å². The van der Waals surface area contributed by atoms with Gasteiger partial charge in [0, 0.05) is 10.4 Å². The van der Waals surface area contributed by atoms with E-state index >= 15 is 0 Å². The van der Waals surface area contributed by atoms with Crippen LogP contribution >= 0.6 is 11.3 Å². The average molecular weight is 358 g/mol. The molecular formula is C17H15FN4O2S. The number of halogens is 1. The highest BCUT2D eigenvalue weighted by molar-refractivity contribution is 7.18. The van der Waals surface area contributed by atoms with Gasteiger partial charge < -0.3 is 4.98 Å². The molecule has 0 saturated carbocycles. The molecule has 3 rings (SSSR count). The predicted molar refractivity (Wildman–Crippen MR) is 95.6 cm³/mol. The monoisotopic (exact) mass is 358 g/mol. The Kier molecular flexibility index (Phi) is 4.71. The summed E-state index contributed by atoms with van der Waals surface area (Å²) < 4.78 is 13.4. The lowest BCUT2D eigenvalue weighted by Crippen LogP contribution is -2.23. The van der Waals surface area contributed by atoms with Gasteiger partial charge >= 0.3 is 0 Å². The number of rotatable bonds is 4. The van der Waals surface area contributed by atoms with Crippen molar-refractivity contribution in [2.24, 2.45) is 5.10 Å². The second-order valence-corrected chi connectivity index (χ2v) is 6.67. The number of nitrogens with zero attached hydrogens (tertiary/aromatic N) is 2. The van der Waals surface area contributed by atoms with E-state index < -0.39 is 11.7 Å². The van der Waals surface area contributed by atoms with Crippen LogP contribution in [0, 0.1) is 19.7 Å². The van der Waals surface area contributed by atoms with Crippen LogP contribution < -0.4 is 11.0 Å². The fourth-order valence-corrected chi connectivity index (χ4v) is 3.38. The molecule has 1 amide bonds. The smallest absolute Gasteiger partial charge is 0.259 e. The Morgan fingerprint density at radius 1 is 1.40 bits per heavy atom. The van der Waals surface area contributed by atoms with E-state index in [2.05, 4.69) is 20.5 Å². The summed E-state index contributed by atoms with van der Waals surface area (Å²) in [6, 6.07) is 6.08. The van der Waals surface area contributed by atoms with Crippen molar-refractivity contribution in [2.75, 3.05) is 0 Å². The lowest BCUT2D eigenvalue weighted by molar-refractivity contribution is -0.120. The minimum Gasteiger partial charge on any atom is -0.309 e. The number of fused-ring (bicyclic) bond motifs is 1. The van der Waals surface area contributed by atoms with Gasteiger partial charge in [0.2, 0.25) is 5.91 Å². The summed E-state index contributed by atoms with van der Waals surface area (Å²) >= 11 is 1.42.